The molecule has 0 radical (unpaired) electrons. The molecule has 1 aliphatic heterocycles. The van der Waals surface area contributed by atoms with Gasteiger partial charge in [-0.15, -0.1) is 11.8 Å². The van der Waals surface area contributed by atoms with Crippen LogP contribution in [-0.2, 0) is 4.79 Å². The molecule has 114 valence electrons. The van der Waals surface area contributed by atoms with E-state index in [0.29, 0.717) is 5.75 Å². The van der Waals surface area contributed by atoms with Crippen molar-refractivity contribution in [2.45, 2.75) is 4.90 Å². The fraction of sp³-hybridized carbons (Fsp3) is 0.294. The van der Waals surface area contributed by atoms with Crippen LogP contribution in [0.1, 0.15) is 0 Å². The summed E-state index contributed by atoms with van der Waals surface area (Å²) in [6.45, 7) is 3.39. The number of nitrogens with zero attached hydrogens (tertiary/aromatic N) is 3. The first-order chi connectivity index (χ1) is 10.8. The van der Waals surface area contributed by atoms with E-state index in [4.69, 9.17) is 0 Å². The van der Waals surface area contributed by atoms with Crippen LogP contribution in [-0.4, -0.2) is 47.7 Å². The standard InChI is InChI=1S/C17H19N3OS/c21-17(14-22-16-6-8-18-9-7-16)20-12-10-19(11-13-20)15-4-2-1-3-5-15/h1-9H,10-14H2. The maximum Gasteiger partial charge on any atom is 0.233 e. The number of benzene rings is 1. The highest BCUT2D eigenvalue weighted by Crippen LogP contribution is 2.19. The minimum absolute atomic E-state index is 0.217. The zero-order chi connectivity index (χ0) is 15.2. The molecule has 1 aromatic heterocycles. The summed E-state index contributed by atoms with van der Waals surface area (Å²) in [5.41, 5.74) is 1.24. The third-order valence-corrected chi connectivity index (χ3v) is 4.76. The Morgan fingerprint density at radius 1 is 1.00 bits per heavy atom. The fourth-order valence-corrected chi connectivity index (χ4v) is 3.31. The lowest BCUT2D eigenvalue weighted by molar-refractivity contribution is -0.128. The van der Waals surface area contributed by atoms with Crippen LogP contribution in [0.3, 0.4) is 0 Å². The third-order valence-electron chi connectivity index (χ3n) is 3.77. The monoisotopic (exact) mass is 313 g/mol. The predicted molar refractivity (Wildman–Crippen MR) is 90.2 cm³/mol. The number of hydrogen-bond donors (Lipinski definition) is 0. The summed E-state index contributed by atoms with van der Waals surface area (Å²) in [6.07, 6.45) is 3.51. The molecule has 5 heteroatoms. The first-order valence-corrected chi connectivity index (χ1v) is 8.42. The van der Waals surface area contributed by atoms with E-state index >= 15 is 0 Å². The third kappa shape index (κ3) is 3.80. The molecule has 1 aromatic carbocycles. The van der Waals surface area contributed by atoms with Crippen molar-refractivity contribution in [3.63, 3.8) is 0 Å². The number of para-hydroxylation sites is 1. The fourth-order valence-electron chi connectivity index (χ4n) is 2.52. The lowest BCUT2D eigenvalue weighted by Gasteiger charge is -2.36. The smallest absolute Gasteiger partial charge is 0.233 e. The molecule has 2 aromatic rings. The van der Waals surface area contributed by atoms with Crippen LogP contribution in [0.25, 0.3) is 0 Å². The van der Waals surface area contributed by atoms with E-state index in [1.54, 1.807) is 24.2 Å². The largest absolute Gasteiger partial charge is 0.368 e. The Kier molecular flexibility index (Phi) is 4.96. The van der Waals surface area contributed by atoms with Crippen LogP contribution < -0.4 is 4.90 Å². The van der Waals surface area contributed by atoms with Gasteiger partial charge in [0.05, 0.1) is 5.75 Å². The number of amides is 1. The second-order valence-electron chi connectivity index (χ2n) is 5.17. The molecule has 1 saturated heterocycles. The van der Waals surface area contributed by atoms with Gasteiger partial charge in [-0.25, -0.2) is 0 Å². The molecule has 0 unspecified atom stereocenters. The number of piperazine rings is 1. The first kappa shape index (κ1) is 14.9. The zero-order valence-corrected chi connectivity index (χ0v) is 13.2. The molecule has 0 aliphatic carbocycles. The number of anilines is 1. The van der Waals surface area contributed by atoms with E-state index < -0.39 is 0 Å². The highest BCUT2D eigenvalue weighted by Gasteiger charge is 2.21. The van der Waals surface area contributed by atoms with Crippen LogP contribution in [0.15, 0.2) is 59.8 Å². The van der Waals surface area contributed by atoms with Crippen molar-refractivity contribution in [3.05, 3.63) is 54.9 Å². The van der Waals surface area contributed by atoms with Gasteiger partial charge in [-0.3, -0.25) is 9.78 Å². The van der Waals surface area contributed by atoms with Crippen molar-refractivity contribution < 1.29 is 4.79 Å². The average Bonchev–Trinajstić information content (AvgIpc) is 2.61. The summed E-state index contributed by atoms with van der Waals surface area (Å²) in [5, 5.41) is 0. The van der Waals surface area contributed by atoms with E-state index in [1.165, 1.54) is 5.69 Å². The lowest BCUT2D eigenvalue weighted by Crippen LogP contribution is -2.49. The molecule has 0 N–H and O–H groups in total. The predicted octanol–water partition coefficient (Wildman–Crippen LogP) is 2.52. The number of rotatable bonds is 4. The van der Waals surface area contributed by atoms with Crippen LogP contribution in [0.4, 0.5) is 5.69 Å². The number of carbonyl (C=O) groups is 1. The molecule has 0 atom stereocenters. The Hall–Kier alpha value is -2.01. The average molecular weight is 313 g/mol. The van der Waals surface area contributed by atoms with Gasteiger partial charge in [0.2, 0.25) is 5.91 Å². The van der Waals surface area contributed by atoms with Gasteiger partial charge in [0, 0.05) is 49.2 Å². The molecule has 0 spiro atoms. The van der Waals surface area contributed by atoms with E-state index in [2.05, 4.69) is 34.1 Å². The Bertz CT molecular complexity index is 598. The summed E-state index contributed by atoms with van der Waals surface area (Å²) < 4.78 is 0. The Morgan fingerprint density at radius 3 is 2.36 bits per heavy atom. The summed E-state index contributed by atoms with van der Waals surface area (Å²) in [6, 6.07) is 14.3. The van der Waals surface area contributed by atoms with Gasteiger partial charge in [-0.2, -0.15) is 0 Å². The maximum absolute atomic E-state index is 12.3. The van der Waals surface area contributed by atoms with Crippen molar-refractivity contribution in [2.24, 2.45) is 0 Å². The molecule has 2 heterocycles. The molecule has 4 nitrogen and oxygen atoms in total. The van der Waals surface area contributed by atoms with Crippen LogP contribution >= 0.6 is 11.8 Å². The molecular weight excluding hydrogens is 294 g/mol. The molecule has 0 bridgehead atoms. The van der Waals surface area contributed by atoms with E-state index in [0.717, 1.165) is 31.1 Å². The molecular formula is C17H19N3OS. The quantitative estimate of drug-likeness (QED) is 0.813. The van der Waals surface area contributed by atoms with Gasteiger partial charge < -0.3 is 9.80 Å². The van der Waals surface area contributed by atoms with E-state index in [9.17, 15) is 4.79 Å². The first-order valence-electron chi connectivity index (χ1n) is 7.43. The van der Waals surface area contributed by atoms with Crippen molar-refractivity contribution in [1.82, 2.24) is 9.88 Å². The number of thioether (sulfide) groups is 1. The molecule has 22 heavy (non-hydrogen) atoms. The summed E-state index contributed by atoms with van der Waals surface area (Å²) in [4.78, 5) is 21.7. The van der Waals surface area contributed by atoms with Gasteiger partial charge in [-0.1, -0.05) is 18.2 Å². The van der Waals surface area contributed by atoms with Crippen molar-refractivity contribution >= 4 is 23.4 Å². The normalized spacial score (nSPS) is 14.9. The molecule has 1 amide bonds. The number of carbonyl (C=O) groups excluding carboxylic acids is 1. The van der Waals surface area contributed by atoms with Gasteiger partial charge >= 0.3 is 0 Å². The van der Waals surface area contributed by atoms with E-state index in [1.807, 2.05) is 23.1 Å². The molecule has 1 fully saturated rings. The van der Waals surface area contributed by atoms with Gasteiger partial charge in [-0.05, 0) is 24.3 Å². The highest BCUT2D eigenvalue weighted by molar-refractivity contribution is 8.00. The summed E-state index contributed by atoms with van der Waals surface area (Å²) >= 11 is 1.57. The van der Waals surface area contributed by atoms with E-state index in [-0.39, 0.29) is 5.91 Å². The Morgan fingerprint density at radius 2 is 1.68 bits per heavy atom. The zero-order valence-electron chi connectivity index (χ0n) is 12.4. The number of pyridine rings is 1. The van der Waals surface area contributed by atoms with Crippen molar-refractivity contribution in [1.29, 1.82) is 0 Å². The van der Waals surface area contributed by atoms with Crippen LogP contribution in [0.2, 0.25) is 0 Å². The second-order valence-corrected chi connectivity index (χ2v) is 6.22. The second kappa shape index (κ2) is 7.31. The maximum atomic E-state index is 12.3. The molecule has 0 saturated carbocycles. The number of hydrogen-bond acceptors (Lipinski definition) is 4. The van der Waals surface area contributed by atoms with Crippen molar-refractivity contribution in [2.75, 3.05) is 36.8 Å². The molecule has 3 rings (SSSR count). The highest BCUT2D eigenvalue weighted by atomic mass is 32.2. The Balaban J connectivity index is 1.48. The minimum atomic E-state index is 0.217. The summed E-state index contributed by atoms with van der Waals surface area (Å²) in [7, 11) is 0. The van der Waals surface area contributed by atoms with Crippen molar-refractivity contribution in [3.8, 4) is 0 Å². The summed E-state index contributed by atoms with van der Waals surface area (Å²) in [5.74, 6) is 0.713. The van der Waals surface area contributed by atoms with Crippen LogP contribution in [0, 0.1) is 0 Å². The van der Waals surface area contributed by atoms with Crippen LogP contribution in [0.5, 0.6) is 0 Å². The topological polar surface area (TPSA) is 36.4 Å². The minimum Gasteiger partial charge on any atom is -0.368 e. The Labute approximate surface area is 135 Å². The SMILES string of the molecule is O=C(CSc1ccncc1)N1CCN(c2ccccc2)CC1. The van der Waals surface area contributed by atoms with Gasteiger partial charge in [0.1, 0.15) is 0 Å². The lowest BCUT2D eigenvalue weighted by atomic mass is 10.2. The molecule has 1 aliphatic rings. The van der Waals surface area contributed by atoms with Gasteiger partial charge in [0.15, 0.2) is 0 Å². The van der Waals surface area contributed by atoms with Gasteiger partial charge in [0.25, 0.3) is 0 Å². The number of aromatic nitrogens is 1.